The zero-order valence-electron chi connectivity index (χ0n) is 19.5. The molecule has 1 heterocycles. The van der Waals surface area contributed by atoms with Crippen LogP contribution in [0.2, 0.25) is 0 Å². The highest BCUT2D eigenvalue weighted by Crippen LogP contribution is 2.41. The van der Waals surface area contributed by atoms with Gasteiger partial charge in [-0.15, -0.1) is 0 Å². The standard InChI is InChI=1S/C25H38F3NO2/c1-16(2)6-11-22(14-17(3)4)29-13-12-20(18(5)24(30)31)15-23(29)19-7-9-21(10-8-19)25(26,27)28/h7-10,16-18,20,22-23H,6,11-15H2,1-5H3,(H,30,31)/t18?,20-,22-,23+/m1/s1. The van der Waals surface area contributed by atoms with E-state index in [1.54, 1.807) is 19.1 Å². The van der Waals surface area contributed by atoms with E-state index in [0.29, 0.717) is 24.3 Å². The number of halogens is 3. The molecule has 4 atom stereocenters. The molecule has 0 bridgehead atoms. The molecular weight excluding hydrogens is 403 g/mol. The molecule has 0 aliphatic carbocycles. The molecule has 1 fully saturated rings. The predicted octanol–water partition coefficient (Wildman–Crippen LogP) is 7.03. The van der Waals surface area contributed by atoms with Gasteiger partial charge in [0.2, 0.25) is 0 Å². The number of carbonyl (C=O) groups is 1. The lowest BCUT2D eigenvalue weighted by Crippen LogP contribution is -2.46. The number of carboxylic acids is 1. The number of benzene rings is 1. The van der Waals surface area contributed by atoms with Gasteiger partial charge < -0.3 is 5.11 Å². The van der Waals surface area contributed by atoms with Gasteiger partial charge in [-0.1, -0.05) is 46.8 Å². The van der Waals surface area contributed by atoms with Crippen molar-refractivity contribution in [1.82, 2.24) is 4.90 Å². The third kappa shape index (κ3) is 7.23. The van der Waals surface area contributed by atoms with Crippen LogP contribution in [0.25, 0.3) is 0 Å². The summed E-state index contributed by atoms with van der Waals surface area (Å²) in [5.41, 5.74) is 0.209. The number of carboxylic acid groups (broad SMARTS) is 1. The van der Waals surface area contributed by atoms with Crippen molar-refractivity contribution in [2.75, 3.05) is 6.54 Å². The fourth-order valence-electron chi connectivity index (χ4n) is 4.81. The van der Waals surface area contributed by atoms with E-state index in [1.807, 2.05) is 0 Å². The molecule has 31 heavy (non-hydrogen) atoms. The van der Waals surface area contributed by atoms with Crippen LogP contribution in [0.4, 0.5) is 13.2 Å². The Labute approximate surface area is 185 Å². The summed E-state index contributed by atoms with van der Waals surface area (Å²) >= 11 is 0. The van der Waals surface area contributed by atoms with Crippen molar-refractivity contribution >= 4 is 5.97 Å². The zero-order valence-corrected chi connectivity index (χ0v) is 19.5. The van der Waals surface area contributed by atoms with Crippen LogP contribution < -0.4 is 0 Å². The van der Waals surface area contributed by atoms with Gasteiger partial charge in [0, 0.05) is 12.1 Å². The maximum Gasteiger partial charge on any atom is 0.416 e. The summed E-state index contributed by atoms with van der Waals surface area (Å²) in [5.74, 6) is -0.142. The first kappa shape index (κ1) is 25.7. The van der Waals surface area contributed by atoms with E-state index in [-0.39, 0.29) is 12.0 Å². The van der Waals surface area contributed by atoms with Crippen LogP contribution in [0.3, 0.4) is 0 Å². The van der Waals surface area contributed by atoms with E-state index in [9.17, 15) is 23.1 Å². The molecule has 6 heteroatoms. The van der Waals surface area contributed by atoms with E-state index < -0.39 is 23.6 Å². The molecule has 0 spiro atoms. The van der Waals surface area contributed by atoms with E-state index in [1.165, 1.54) is 0 Å². The molecule has 1 unspecified atom stereocenters. The number of hydrogen-bond acceptors (Lipinski definition) is 2. The molecule has 1 aromatic rings. The number of piperidine rings is 1. The molecule has 0 saturated carbocycles. The third-order valence-electron chi connectivity index (χ3n) is 6.69. The van der Waals surface area contributed by atoms with E-state index >= 15 is 0 Å². The van der Waals surface area contributed by atoms with E-state index in [2.05, 4.69) is 32.6 Å². The van der Waals surface area contributed by atoms with Crippen LogP contribution in [-0.2, 0) is 11.0 Å². The number of rotatable bonds is 9. The maximum atomic E-state index is 13.1. The summed E-state index contributed by atoms with van der Waals surface area (Å²) in [5, 5.41) is 9.52. The molecule has 1 aliphatic heterocycles. The van der Waals surface area contributed by atoms with Crippen LogP contribution in [0, 0.1) is 23.7 Å². The smallest absolute Gasteiger partial charge is 0.416 e. The quantitative estimate of drug-likeness (QED) is 0.447. The summed E-state index contributed by atoms with van der Waals surface area (Å²) in [7, 11) is 0. The van der Waals surface area contributed by atoms with Crippen LogP contribution in [0.1, 0.15) is 83.9 Å². The van der Waals surface area contributed by atoms with Crippen molar-refractivity contribution in [2.45, 2.75) is 85.0 Å². The van der Waals surface area contributed by atoms with Crippen molar-refractivity contribution < 1.29 is 23.1 Å². The first-order chi connectivity index (χ1) is 14.4. The van der Waals surface area contributed by atoms with Crippen molar-refractivity contribution in [3.05, 3.63) is 35.4 Å². The number of hydrogen-bond donors (Lipinski definition) is 1. The lowest BCUT2D eigenvalue weighted by molar-refractivity contribution is -0.144. The highest BCUT2D eigenvalue weighted by atomic mass is 19.4. The average molecular weight is 442 g/mol. The molecule has 1 aliphatic rings. The van der Waals surface area contributed by atoms with Crippen molar-refractivity contribution in [2.24, 2.45) is 23.7 Å². The van der Waals surface area contributed by atoms with Gasteiger partial charge in [0.05, 0.1) is 11.5 Å². The Morgan fingerprint density at radius 3 is 2.16 bits per heavy atom. The van der Waals surface area contributed by atoms with Gasteiger partial charge in [-0.3, -0.25) is 9.69 Å². The monoisotopic (exact) mass is 441 g/mol. The van der Waals surface area contributed by atoms with Gasteiger partial charge in [-0.05, 0) is 74.1 Å². The first-order valence-electron chi connectivity index (χ1n) is 11.6. The van der Waals surface area contributed by atoms with Crippen LogP contribution in [0.5, 0.6) is 0 Å². The Balaban J connectivity index is 2.36. The summed E-state index contributed by atoms with van der Waals surface area (Å²) in [6, 6.07) is 5.77. The Kier molecular flexibility index (Phi) is 8.99. The molecule has 0 aromatic heterocycles. The van der Waals surface area contributed by atoms with Gasteiger partial charge in [-0.2, -0.15) is 13.2 Å². The van der Waals surface area contributed by atoms with Crippen molar-refractivity contribution in [1.29, 1.82) is 0 Å². The molecule has 2 rings (SSSR count). The fraction of sp³-hybridized carbons (Fsp3) is 0.720. The Bertz CT molecular complexity index is 700. The van der Waals surface area contributed by atoms with Crippen LogP contribution >= 0.6 is 0 Å². The molecule has 1 N–H and O–H groups in total. The van der Waals surface area contributed by atoms with E-state index in [0.717, 1.165) is 49.9 Å². The average Bonchev–Trinajstić information content (AvgIpc) is 2.69. The minimum atomic E-state index is -4.36. The van der Waals surface area contributed by atoms with Gasteiger partial charge in [0.25, 0.3) is 0 Å². The Hall–Kier alpha value is -1.56. The number of likely N-dealkylation sites (tertiary alicyclic amines) is 1. The number of aliphatic carboxylic acids is 1. The molecule has 0 amide bonds. The van der Waals surface area contributed by atoms with Crippen LogP contribution in [-0.4, -0.2) is 28.6 Å². The molecule has 176 valence electrons. The molecular formula is C25H38F3NO2. The first-order valence-corrected chi connectivity index (χ1v) is 11.6. The van der Waals surface area contributed by atoms with Crippen LogP contribution in [0.15, 0.2) is 24.3 Å². The van der Waals surface area contributed by atoms with Gasteiger partial charge >= 0.3 is 12.1 Å². The second kappa shape index (κ2) is 10.8. The zero-order chi connectivity index (χ0) is 23.3. The van der Waals surface area contributed by atoms with Gasteiger partial charge in [0.15, 0.2) is 0 Å². The maximum absolute atomic E-state index is 13.1. The highest BCUT2D eigenvalue weighted by molar-refractivity contribution is 5.69. The predicted molar refractivity (Wildman–Crippen MR) is 118 cm³/mol. The number of nitrogens with zero attached hydrogens (tertiary/aromatic N) is 1. The van der Waals surface area contributed by atoms with Crippen molar-refractivity contribution in [3.63, 3.8) is 0 Å². The lowest BCUT2D eigenvalue weighted by Gasteiger charge is -2.46. The molecule has 3 nitrogen and oxygen atoms in total. The SMILES string of the molecule is CC(C)CC[C@H](CC(C)C)N1CC[C@@H](C(C)C(=O)O)C[C@H]1c1ccc(C(F)(F)F)cc1. The van der Waals surface area contributed by atoms with Crippen molar-refractivity contribution in [3.8, 4) is 0 Å². The Morgan fingerprint density at radius 1 is 1.06 bits per heavy atom. The third-order valence-corrected chi connectivity index (χ3v) is 6.69. The summed E-state index contributed by atoms with van der Waals surface area (Å²) in [6.07, 6.45) is 0.288. The van der Waals surface area contributed by atoms with Gasteiger partial charge in [0.1, 0.15) is 0 Å². The minimum Gasteiger partial charge on any atom is -0.481 e. The summed E-state index contributed by atoms with van der Waals surface area (Å²) in [4.78, 5) is 14.1. The Morgan fingerprint density at radius 2 is 1.68 bits per heavy atom. The van der Waals surface area contributed by atoms with Gasteiger partial charge in [-0.25, -0.2) is 0 Å². The fourth-order valence-corrected chi connectivity index (χ4v) is 4.81. The number of alkyl halides is 3. The minimum absolute atomic E-state index is 0.0193. The molecule has 1 saturated heterocycles. The lowest BCUT2D eigenvalue weighted by atomic mass is 9.78. The molecule has 1 aromatic carbocycles. The second-order valence-corrected chi connectivity index (χ2v) is 10.0. The highest BCUT2D eigenvalue weighted by Gasteiger charge is 2.38. The topological polar surface area (TPSA) is 40.5 Å². The molecule has 0 radical (unpaired) electrons. The summed E-state index contributed by atoms with van der Waals surface area (Å²) < 4.78 is 39.2. The van der Waals surface area contributed by atoms with E-state index in [4.69, 9.17) is 0 Å². The summed E-state index contributed by atoms with van der Waals surface area (Å²) in [6.45, 7) is 11.4. The largest absolute Gasteiger partial charge is 0.481 e. The normalized spacial score (nSPS) is 22.6. The second-order valence-electron chi connectivity index (χ2n) is 10.0.